The van der Waals surface area contributed by atoms with Gasteiger partial charge in [0.25, 0.3) is 0 Å². The van der Waals surface area contributed by atoms with Gasteiger partial charge in [0.2, 0.25) is 10.0 Å². The number of aryl methyl sites for hydroxylation is 2. The number of hydrogen-bond acceptors (Lipinski definition) is 4. The molecule has 0 aliphatic rings. The lowest BCUT2D eigenvalue weighted by Gasteiger charge is -2.08. The Labute approximate surface area is 156 Å². The molecule has 4 nitrogen and oxygen atoms in total. The molecule has 1 heterocycles. The highest BCUT2D eigenvalue weighted by Gasteiger charge is 2.14. The summed E-state index contributed by atoms with van der Waals surface area (Å²) in [6, 6.07) is 11.4. The first-order valence-electron chi connectivity index (χ1n) is 8.12. The normalized spacial score (nSPS) is 11.7. The second-order valence-electron chi connectivity index (χ2n) is 6.12. The van der Waals surface area contributed by atoms with Crippen LogP contribution in [-0.2, 0) is 16.4 Å². The molecule has 0 saturated carbocycles. The van der Waals surface area contributed by atoms with Gasteiger partial charge in [0.1, 0.15) is 10.8 Å². The molecule has 136 valence electrons. The van der Waals surface area contributed by atoms with Gasteiger partial charge in [-0.05, 0) is 61.4 Å². The molecule has 3 aromatic rings. The summed E-state index contributed by atoms with van der Waals surface area (Å²) in [6.07, 6.45) is 0.488. The highest BCUT2D eigenvalue weighted by molar-refractivity contribution is 7.89. The van der Waals surface area contributed by atoms with Crippen LogP contribution in [0, 0.1) is 19.7 Å². The highest BCUT2D eigenvalue weighted by Crippen LogP contribution is 2.24. The van der Waals surface area contributed by atoms with Crippen molar-refractivity contribution in [2.45, 2.75) is 25.2 Å². The summed E-state index contributed by atoms with van der Waals surface area (Å²) in [5, 5.41) is 2.68. The fraction of sp³-hybridized carbons (Fsp3) is 0.211. The zero-order valence-corrected chi connectivity index (χ0v) is 16.1. The lowest BCUT2D eigenvalue weighted by molar-refractivity contribution is 0.581. The third kappa shape index (κ3) is 4.55. The van der Waals surface area contributed by atoms with E-state index in [-0.39, 0.29) is 17.3 Å². The van der Waals surface area contributed by atoms with Crippen LogP contribution in [0.3, 0.4) is 0 Å². The van der Waals surface area contributed by atoms with E-state index in [4.69, 9.17) is 0 Å². The smallest absolute Gasteiger partial charge is 0.240 e. The molecule has 26 heavy (non-hydrogen) atoms. The van der Waals surface area contributed by atoms with E-state index >= 15 is 0 Å². The molecule has 0 fully saturated rings. The van der Waals surface area contributed by atoms with Gasteiger partial charge in [-0.25, -0.2) is 22.5 Å². The standard InChI is InChI=1S/C19H19FN2O2S2/c1-13-9-14(2)11-18(10-13)26(23,24)21-8-7-17-12-25-19(22-17)15-3-5-16(20)6-4-15/h3-6,9-12,21H,7-8H2,1-2H3. The molecule has 0 aliphatic heterocycles. The molecule has 0 aliphatic carbocycles. The van der Waals surface area contributed by atoms with Crippen LogP contribution >= 0.6 is 11.3 Å². The first-order chi connectivity index (χ1) is 12.3. The minimum atomic E-state index is -3.54. The fourth-order valence-electron chi connectivity index (χ4n) is 2.63. The molecule has 3 rings (SSSR count). The van der Waals surface area contributed by atoms with E-state index in [9.17, 15) is 12.8 Å². The molecule has 1 N–H and O–H groups in total. The molecule has 1 aromatic heterocycles. The third-order valence-corrected chi connectivity index (χ3v) is 6.20. The number of benzene rings is 2. The maximum absolute atomic E-state index is 13.0. The Morgan fingerprint density at radius 2 is 1.73 bits per heavy atom. The first kappa shape index (κ1) is 18.7. The topological polar surface area (TPSA) is 59.1 Å². The van der Waals surface area contributed by atoms with Gasteiger partial charge < -0.3 is 0 Å². The molecular formula is C19H19FN2O2S2. The van der Waals surface area contributed by atoms with Crippen molar-refractivity contribution >= 4 is 21.4 Å². The van der Waals surface area contributed by atoms with E-state index in [0.29, 0.717) is 6.42 Å². The quantitative estimate of drug-likeness (QED) is 0.690. The van der Waals surface area contributed by atoms with Crippen LogP contribution in [0.2, 0.25) is 0 Å². The van der Waals surface area contributed by atoms with Gasteiger partial charge in [-0.1, -0.05) is 6.07 Å². The predicted molar refractivity (Wildman–Crippen MR) is 102 cm³/mol. The minimum Gasteiger partial charge on any atom is -0.241 e. The zero-order valence-electron chi connectivity index (χ0n) is 14.5. The van der Waals surface area contributed by atoms with Crippen LogP contribution in [0.25, 0.3) is 10.6 Å². The van der Waals surface area contributed by atoms with E-state index in [1.165, 1.54) is 23.5 Å². The number of aromatic nitrogens is 1. The van der Waals surface area contributed by atoms with Crippen molar-refractivity contribution in [1.82, 2.24) is 9.71 Å². The Hall–Kier alpha value is -2.09. The second kappa shape index (κ2) is 7.65. The summed E-state index contributed by atoms with van der Waals surface area (Å²) in [7, 11) is -3.54. The molecule has 0 saturated heterocycles. The Morgan fingerprint density at radius 1 is 1.08 bits per heavy atom. The van der Waals surface area contributed by atoms with Crippen LogP contribution in [0.1, 0.15) is 16.8 Å². The number of sulfonamides is 1. The van der Waals surface area contributed by atoms with Crippen molar-refractivity contribution in [2.75, 3.05) is 6.54 Å². The minimum absolute atomic E-state index is 0.266. The molecule has 0 radical (unpaired) electrons. The van der Waals surface area contributed by atoms with Crippen molar-refractivity contribution in [3.63, 3.8) is 0 Å². The van der Waals surface area contributed by atoms with Crippen molar-refractivity contribution in [1.29, 1.82) is 0 Å². The maximum atomic E-state index is 13.0. The average molecular weight is 391 g/mol. The molecular weight excluding hydrogens is 371 g/mol. The van der Waals surface area contributed by atoms with E-state index in [1.807, 2.05) is 25.3 Å². The van der Waals surface area contributed by atoms with Crippen molar-refractivity contribution in [2.24, 2.45) is 0 Å². The first-order valence-corrected chi connectivity index (χ1v) is 10.5. The number of nitrogens with zero attached hydrogens (tertiary/aromatic N) is 1. The van der Waals surface area contributed by atoms with E-state index in [2.05, 4.69) is 9.71 Å². The van der Waals surface area contributed by atoms with Crippen LogP contribution in [-0.4, -0.2) is 19.9 Å². The summed E-state index contributed by atoms with van der Waals surface area (Å²) in [5.41, 5.74) is 3.47. The molecule has 0 unspecified atom stereocenters. The summed E-state index contributed by atoms with van der Waals surface area (Å²) in [5.74, 6) is -0.286. The van der Waals surface area contributed by atoms with Gasteiger partial charge in [-0.2, -0.15) is 0 Å². The van der Waals surface area contributed by atoms with Crippen molar-refractivity contribution < 1.29 is 12.8 Å². The van der Waals surface area contributed by atoms with Crippen LogP contribution in [0.5, 0.6) is 0 Å². The fourth-order valence-corrected chi connectivity index (χ4v) is 4.71. The van der Waals surface area contributed by atoms with Gasteiger partial charge >= 0.3 is 0 Å². The van der Waals surface area contributed by atoms with Crippen LogP contribution in [0.4, 0.5) is 4.39 Å². The Balaban J connectivity index is 1.63. The summed E-state index contributed by atoms with van der Waals surface area (Å²) in [4.78, 5) is 4.77. The zero-order chi connectivity index (χ0) is 18.7. The van der Waals surface area contributed by atoms with Crippen LogP contribution in [0.15, 0.2) is 52.7 Å². The van der Waals surface area contributed by atoms with E-state index in [0.717, 1.165) is 27.4 Å². The van der Waals surface area contributed by atoms with Gasteiger partial charge in [0.15, 0.2) is 0 Å². The van der Waals surface area contributed by atoms with Gasteiger partial charge in [-0.15, -0.1) is 11.3 Å². The second-order valence-corrected chi connectivity index (χ2v) is 8.75. The number of thiazole rings is 1. The largest absolute Gasteiger partial charge is 0.241 e. The Morgan fingerprint density at radius 3 is 2.38 bits per heavy atom. The summed E-state index contributed by atoms with van der Waals surface area (Å²) >= 11 is 1.46. The molecule has 0 spiro atoms. The maximum Gasteiger partial charge on any atom is 0.240 e. The molecule has 0 amide bonds. The number of halogens is 1. The predicted octanol–water partition coefficient (Wildman–Crippen LogP) is 4.09. The molecule has 2 aromatic carbocycles. The number of nitrogens with one attached hydrogen (secondary N) is 1. The lowest BCUT2D eigenvalue weighted by Crippen LogP contribution is -2.26. The number of rotatable bonds is 6. The van der Waals surface area contributed by atoms with E-state index < -0.39 is 10.0 Å². The SMILES string of the molecule is Cc1cc(C)cc(S(=O)(=O)NCCc2csc(-c3ccc(F)cc3)n2)c1. The lowest BCUT2D eigenvalue weighted by atomic mass is 10.2. The summed E-state index contributed by atoms with van der Waals surface area (Å²) in [6.45, 7) is 4.01. The van der Waals surface area contributed by atoms with Crippen molar-refractivity contribution in [3.8, 4) is 10.6 Å². The monoisotopic (exact) mass is 390 g/mol. The van der Waals surface area contributed by atoms with Gasteiger partial charge in [-0.3, -0.25) is 0 Å². The highest BCUT2D eigenvalue weighted by atomic mass is 32.2. The number of hydrogen-bond donors (Lipinski definition) is 1. The van der Waals surface area contributed by atoms with Crippen LogP contribution < -0.4 is 4.72 Å². The van der Waals surface area contributed by atoms with E-state index in [1.54, 1.807) is 24.3 Å². The Kier molecular flexibility index (Phi) is 5.50. The molecule has 0 bridgehead atoms. The molecule has 0 atom stereocenters. The average Bonchev–Trinajstić information content (AvgIpc) is 3.03. The van der Waals surface area contributed by atoms with Gasteiger partial charge in [0.05, 0.1) is 10.6 Å². The van der Waals surface area contributed by atoms with Crippen molar-refractivity contribution in [3.05, 3.63) is 70.5 Å². The molecule has 7 heteroatoms. The van der Waals surface area contributed by atoms with Gasteiger partial charge in [0, 0.05) is 23.9 Å². The third-order valence-electron chi connectivity index (χ3n) is 3.82. The Bertz CT molecular complexity index is 992. The summed E-state index contributed by atoms with van der Waals surface area (Å²) < 4.78 is 40.5.